The number of carbonyl (C=O) groups is 1. The molecule has 9 nitrogen and oxygen atoms in total. The van der Waals surface area contributed by atoms with Gasteiger partial charge in [-0.25, -0.2) is 8.42 Å². The Kier molecular flexibility index (Phi) is 5.92. The fraction of sp³-hybridized carbons (Fsp3) is 0.526. The highest BCUT2D eigenvalue weighted by Crippen LogP contribution is 2.32. The minimum atomic E-state index is -2.91. The Labute approximate surface area is 179 Å². The zero-order chi connectivity index (χ0) is 21.3. The second-order valence-electron chi connectivity index (χ2n) is 7.60. The van der Waals surface area contributed by atoms with E-state index in [1.165, 1.54) is 11.8 Å². The second-order valence-corrected chi connectivity index (χ2v) is 11.1. The Morgan fingerprint density at radius 1 is 1.33 bits per heavy atom. The number of hydrogen-bond donors (Lipinski definition) is 1. The Hall–Kier alpha value is -2.27. The molecule has 0 radical (unpaired) electrons. The van der Waals surface area contributed by atoms with Crippen LogP contribution in [-0.2, 0) is 34.6 Å². The van der Waals surface area contributed by atoms with Crippen LogP contribution < -0.4 is 14.8 Å². The zero-order valence-electron chi connectivity index (χ0n) is 16.8. The number of benzene rings is 1. The van der Waals surface area contributed by atoms with Crippen LogP contribution in [0.15, 0.2) is 23.4 Å². The number of hydrogen-bond acceptors (Lipinski definition) is 8. The van der Waals surface area contributed by atoms with Crippen molar-refractivity contribution in [3.63, 3.8) is 0 Å². The number of ether oxygens (including phenoxy) is 2. The van der Waals surface area contributed by atoms with Crippen LogP contribution in [0.4, 0.5) is 0 Å². The molecular formula is C19H24N4O5S2. The summed E-state index contributed by atoms with van der Waals surface area (Å²) in [4.78, 5) is 12.5. The van der Waals surface area contributed by atoms with Gasteiger partial charge >= 0.3 is 0 Å². The molecule has 2 aromatic rings. The Bertz CT molecular complexity index is 1050. The van der Waals surface area contributed by atoms with E-state index in [-0.39, 0.29) is 35.4 Å². The quantitative estimate of drug-likeness (QED) is 0.626. The number of carbonyl (C=O) groups excluding carboxylic acids is 1. The Balaban J connectivity index is 1.30. The van der Waals surface area contributed by atoms with Crippen molar-refractivity contribution in [2.24, 2.45) is 13.0 Å². The largest absolute Gasteiger partial charge is 0.454 e. The lowest BCUT2D eigenvalue weighted by atomic mass is 10.1. The molecule has 2 aliphatic rings. The minimum absolute atomic E-state index is 0.0816. The van der Waals surface area contributed by atoms with E-state index in [2.05, 4.69) is 15.5 Å². The van der Waals surface area contributed by atoms with Gasteiger partial charge in [-0.1, -0.05) is 17.8 Å². The molecule has 0 aliphatic carbocycles. The van der Waals surface area contributed by atoms with E-state index in [9.17, 15) is 13.2 Å². The molecule has 11 heteroatoms. The van der Waals surface area contributed by atoms with Crippen molar-refractivity contribution in [2.45, 2.75) is 36.7 Å². The molecule has 1 aromatic carbocycles. The van der Waals surface area contributed by atoms with E-state index in [4.69, 9.17) is 9.47 Å². The zero-order valence-corrected chi connectivity index (χ0v) is 18.5. The topological polar surface area (TPSA) is 112 Å². The molecule has 2 atom stereocenters. The van der Waals surface area contributed by atoms with Gasteiger partial charge in [-0.3, -0.25) is 4.79 Å². The molecule has 1 N–H and O–H groups in total. The van der Waals surface area contributed by atoms with Crippen LogP contribution in [0.3, 0.4) is 0 Å². The molecule has 0 unspecified atom stereocenters. The van der Waals surface area contributed by atoms with Gasteiger partial charge < -0.3 is 19.4 Å². The lowest BCUT2D eigenvalue weighted by Gasteiger charge is -2.12. The van der Waals surface area contributed by atoms with E-state index in [1.807, 2.05) is 36.7 Å². The summed E-state index contributed by atoms with van der Waals surface area (Å²) in [5.74, 6) is 2.57. The molecule has 3 heterocycles. The van der Waals surface area contributed by atoms with Gasteiger partial charge in [-0.15, -0.1) is 10.2 Å². The van der Waals surface area contributed by atoms with E-state index in [0.29, 0.717) is 36.0 Å². The number of nitrogens with one attached hydrogen (secondary N) is 1. The van der Waals surface area contributed by atoms with Crippen molar-refractivity contribution in [2.75, 3.05) is 18.3 Å². The van der Waals surface area contributed by atoms with Gasteiger partial charge in [0.15, 0.2) is 26.5 Å². The summed E-state index contributed by atoms with van der Waals surface area (Å²) in [6.07, 6.45) is 1.24. The lowest BCUT2D eigenvalue weighted by Crippen LogP contribution is -2.30. The molecule has 0 bridgehead atoms. The van der Waals surface area contributed by atoms with Gasteiger partial charge in [-0.05, 0) is 37.0 Å². The predicted octanol–water partition coefficient (Wildman–Crippen LogP) is 1.32. The molecule has 4 rings (SSSR count). The number of amides is 1. The van der Waals surface area contributed by atoms with Crippen LogP contribution in [0.1, 0.15) is 24.7 Å². The third-order valence-corrected chi connectivity index (χ3v) is 8.25. The molecule has 1 saturated heterocycles. The summed E-state index contributed by atoms with van der Waals surface area (Å²) in [6, 6.07) is 5.58. The SMILES string of the molecule is C[C@@H](Sc1nnc(C[C@H]2CCS(=O)(=O)C2)n1C)C(=O)NCc1ccc2c(c1)OCO2. The molecule has 1 amide bonds. The van der Waals surface area contributed by atoms with Crippen molar-refractivity contribution in [1.82, 2.24) is 20.1 Å². The predicted molar refractivity (Wildman–Crippen MR) is 111 cm³/mol. The first kappa shape index (κ1) is 21.0. The van der Waals surface area contributed by atoms with Crippen molar-refractivity contribution >= 4 is 27.5 Å². The second kappa shape index (κ2) is 8.46. The van der Waals surface area contributed by atoms with E-state index in [1.54, 1.807) is 0 Å². The number of sulfone groups is 1. The van der Waals surface area contributed by atoms with Crippen LogP contribution in [0.2, 0.25) is 0 Å². The van der Waals surface area contributed by atoms with Crippen molar-refractivity contribution in [3.8, 4) is 11.5 Å². The first-order chi connectivity index (χ1) is 14.3. The summed E-state index contributed by atoms with van der Waals surface area (Å²) in [5.41, 5.74) is 0.928. The Morgan fingerprint density at radius 3 is 2.90 bits per heavy atom. The number of nitrogens with zero attached hydrogens (tertiary/aromatic N) is 3. The highest BCUT2D eigenvalue weighted by Gasteiger charge is 2.29. The summed E-state index contributed by atoms with van der Waals surface area (Å²) in [7, 11) is -1.07. The molecule has 0 spiro atoms. The smallest absolute Gasteiger partial charge is 0.233 e. The summed E-state index contributed by atoms with van der Waals surface area (Å²) >= 11 is 1.33. The third-order valence-electron chi connectivity index (χ3n) is 5.28. The minimum Gasteiger partial charge on any atom is -0.454 e. The van der Waals surface area contributed by atoms with Crippen LogP contribution in [0.5, 0.6) is 11.5 Å². The molecule has 2 aliphatic heterocycles. The summed E-state index contributed by atoms with van der Waals surface area (Å²) in [5, 5.41) is 11.6. The van der Waals surface area contributed by atoms with Crippen LogP contribution in [-0.4, -0.2) is 52.6 Å². The molecule has 162 valence electrons. The van der Waals surface area contributed by atoms with E-state index >= 15 is 0 Å². The first-order valence-electron chi connectivity index (χ1n) is 9.72. The van der Waals surface area contributed by atoms with E-state index < -0.39 is 9.84 Å². The average molecular weight is 453 g/mol. The fourth-order valence-corrected chi connectivity index (χ4v) is 6.23. The van der Waals surface area contributed by atoms with Gasteiger partial charge in [0.05, 0.1) is 16.8 Å². The lowest BCUT2D eigenvalue weighted by molar-refractivity contribution is -0.120. The van der Waals surface area contributed by atoms with Crippen molar-refractivity contribution in [1.29, 1.82) is 0 Å². The van der Waals surface area contributed by atoms with Gasteiger partial charge in [-0.2, -0.15) is 0 Å². The van der Waals surface area contributed by atoms with Gasteiger partial charge in [0.2, 0.25) is 12.7 Å². The molecule has 1 fully saturated rings. The van der Waals surface area contributed by atoms with Crippen molar-refractivity contribution in [3.05, 3.63) is 29.6 Å². The number of fused-ring (bicyclic) bond motifs is 1. The van der Waals surface area contributed by atoms with Gasteiger partial charge in [0, 0.05) is 20.0 Å². The maximum atomic E-state index is 12.5. The van der Waals surface area contributed by atoms with Crippen molar-refractivity contribution < 1.29 is 22.7 Å². The standard InChI is InChI=1S/C19H24N4O5S2/c1-12(18(24)20-9-13-3-4-15-16(7-13)28-11-27-15)29-19-22-21-17(23(19)2)8-14-5-6-30(25,26)10-14/h3-4,7,12,14H,5-6,8-11H2,1-2H3,(H,20,24)/t12-,14-/m1/s1. The average Bonchev–Trinajstić information content (AvgIpc) is 3.40. The van der Waals surface area contributed by atoms with Crippen LogP contribution in [0, 0.1) is 5.92 Å². The molecule has 0 saturated carbocycles. The van der Waals surface area contributed by atoms with Crippen LogP contribution in [0.25, 0.3) is 0 Å². The third kappa shape index (κ3) is 4.72. The Morgan fingerprint density at radius 2 is 2.13 bits per heavy atom. The highest BCUT2D eigenvalue weighted by molar-refractivity contribution is 8.00. The summed E-state index contributed by atoms with van der Waals surface area (Å²) in [6.45, 7) is 2.42. The normalized spacial score (nSPS) is 20.3. The number of thioether (sulfide) groups is 1. The van der Waals surface area contributed by atoms with Gasteiger partial charge in [0.25, 0.3) is 0 Å². The number of rotatable bonds is 7. The van der Waals surface area contributed by atoms with Crippen LogP contribution >= 0.6 is 11.8 Å². The maximum absolute atomic E-state index is 12.5. The van der Waals surface area contributed by atoms with E-state index in [0.717, 1.165) is 11.4 Å². The highest BCUT2D eigenvalue weighted by atomic mass is 32.2. The molecule has 1 aromatic heterocycles. The number of aromatic nitrogens is 3. The monoisotopic (exact) mass is 452 g/mol. The fourth-order valence-electron chi connectivity index (χ4n) is 3.51. The first-order valence-corrected chi connectivity index (χ1v) is 12.4. The summed E-state index contributed by atoms with van der Waals surface area (Å²) < 4.78 is 35.8. The molecule has 30 heavy (non-hydrogen) atoms. The van der Waals surface area contributed by atoms with Gasteiger partial charge in [0.1, 0.15) is 5.82 Å². The maximum Gasteiger partial charge on any atom is 0.233 e. The molecular weight excluding hydrogens is 428 g/mol.